The summed E-state index contributed by atoms with van der Waals surface area (Å²) in [6, 6.07) is 5.70. The first-order chi connectivity index (χ1) is 9.95. The zero-order chi connectivity index (χ0) is 15.5. The van der Waals surface area contributed by atoms with E-state index in [9.17, 15) is 4.79 Å². The van der Waals surface area contributed by atoms with Gasteiger partial charge in [0, 0.05) is 6.04 Å². The van der Waals surface area contributed by atoms with E-state index < -0.39 is 0 Å². The molecular weight excluding hydrogens is 264 g/mol. The van der Waals surface area contributed by atoms with Crippen LogP contribution in [0.3, 0.4) is 0 Å². The van der Waals surface area contributed by atoms with Crippen molar-refractivity contribution < 1.29 is 9.53 Å². The Morgan fingerprint density at radius 3 is 2.86 bits per heavy atom. The lowest BCUT2D eigenvalue weighted by Gasteiger charge is -2.40. The minimum atomic E-state index is -0.319. The predicted octanol–water partition coefficient (Wildman–Crippen LogP) is 3.83. The van der Waals surface area contributed by atoms with Gasteiger partial charge in [0.05, 0.1) is 23.5 Å². The lowest BCUT2D eigenvalue weighted by atomic mass is 9.73. The molecule has 1 aromatic carbocycles. The average molecular weight is 290 g/mol. The van der Waals surface area contributed by atoms with Crippen LogP contribution in [0.2, 0.25) is 0 Å². The molecular formula is C17H26N2O2. The maximum Gasteiger partial charge on any atom is 0.340 e. The predicted molar refractivity (Wildman–Crippen MR) is 86.5 cm³/mol. The first-order valence-electron chi connectivity index (χ1n) is 7.78. The highest BCUT2D eigenvalue weighted by Gasteiger charge is 2.33. The molecule has 0 radical (unpaired) electrons. The number of carbonyl (C=O) groups is 1. The molecule has 0 aromatic heterocycles. The molecule has 1 aromatic rings. The summed E-state index contributed by atoms with van der Waals surface area (Å²) in [5.41, 5.74) is 8.14. The number of nitrogen functional groups attached to an aromatic ring is 1. The summed E-state index contributed by atoms with van der Waals surface area (Å²) in [5.74, 6) is -0.319. The Bertz CT molecular complexity index is 512. The van der Waals surface area contributed by atoms with E-state index in [1.54, 1.807) is 12.1 Å². The van der Waals surface area contributed by atoms with Gasteiger partial charge in [0.25, 0.3) is 0 Å². The minimum Gasteiger partial charge on any atom is -0.462 e. The van der Waals surface area contributed by atoms with E-state index in [-0.39, 0.29) is 11.4 Å². The number of rotatable bonds is 4. The first kappa shape index (κ1) is 15.7. The number of anilines is 2. The Labute approximate surface area is 127 Å². The third-order valence-corrected chi connectivity index (χ3v) is 4.42. The lowest BCUT2D eigenvalue weighted by Crippen LogP contribution is -2.39. The highest BCUT2D eigenvalue weighted by Crippen LogP contribution is 2.38. The summed E-state index contributed by atoms with van der Waals surface area (Å²) in [7, 11) is 0. The Balaban J connectivity index is 2.28. The lowest BCUT2D eigenvalue weighted by molar-refractivity contribution is 0.0527. The van der Waals surface area contributed by atoms with E-state index in [2.05, 4.69) is 19.2 Å². The molecule has 1 aliphatic rings. The fraction of sp³-hybridized carbons (Fsp3) is 0.588. The summed E-state index contributed by atoms with van der Waals surface area (Å²) < 4.78 is 5.13. The summed E-state index contributed by atoms with van der Waals surface area (Å²) >= 11 is 0. The van der Waals surface area contributed by atoms with Crippen LogP contribution in [0.4, 0.5) is 11.4 Å². The Kier molecular flexibility index (Phi) is 4.76. The number of nitrogens with one attached hydrogen (secondary N) is 1. The second-order valence-corrected chi connectivity index (χ2v) is 6.42. The summed E-state index contributed by atoms with van der Waals surface area (Å²) in [4.78, 5) is 12.1. The van der Waals surface area contributed by atoms with Crippen molar-refractivity contribution in [1.82, 2.24) is 0 Å². The average Bonchev–Trinajstić information content (AvgIpc) is 2.43. The number of hydrogen-bond acceptors (Lipinski definition) is 4. The van der Waals surface area contributed by atoms with Gasteiger partial charge in [0.15, 0.2) is 0 Å². The van der Waals surface area contributed by atoms with Crippen LogP contribution in [0.1, 0.15) is 56.8 Å². The van der Waals surface area contributed by atoms with Crippen LogP contribution in [-0.4, -0.2) is 18.6 Å². The van der Waals surface area contributed by atoms with Gasteiger partial charge in [-0.1, -0.05) is 32.8 Å². The van der Waals surface area contributed by atoms with E-state index in [1.807, 2.05) is 13.0 Å². The van der Waals surface area contributed by atoms with Gasteiger partial charge in [-0.15, -0.1) is 0 Å². The fourth-order valence-corrected chi connectivity index (χ4v) is 3.05. The second kappa shape index (κ2) is 6.37. The molecule has 0 saturated heterocycles. The Hall–Kier alpha value is -1.71. The minimum absolute atomic E-state index is 0.201. The quantitative estimate of drug-likeness (QED) is 0.653. The largest absolute Gasteiger partial charge is 0.462 e. The maximum absolute atomic E-state index is 12.1. The van der Waals surface area contributed by atoms with E-state index in [0.717, 1.165) is 12.1 Å². The molecule has 1 unspecified atom stereocenters. The van der Waals surface area contributed by atoms with Crippen molar-refractivity contribution in [1.29, 1.82) is 0 Å². The van der Waals surface area contributed by atoms with Crippen LogP contribution in [0.15, 0.2) is 18.2 Å². The van der Waals surface area contributed by atoms with Gasteiger partial charge >= 0.3 is 5.97 Å². The van der Waals surface area contributed by atoms with Crippen LogP contribution >= 0.6 is 0 Å². The summed E-state index contributed by atoms with van der Waals surface area (Å²) in [6.07, 6.45) is 4.76. The van der Waals surface area contributed by atoms with Gasteiger partial charge in [0.1, 0.15) is 0 Å². The van der Waals surface area contributed by atoms with E-state index >= 15 is 0 Å². The van der Waals surface area contributed by atoms with Crippen molar-refractivity contribution >= 4 is 17.3 Å². The van der Waals surface area contributed by atoms with Crippen LogP contribution < -0.4 is 11.1 Å². The molecule has 0 amide bonds. The molecule has 1 aliphatic carbocycles. The standard InChI is InChI=1S/C17H26N2O2/c1-4-21-16(20)12-8-7-9-13(18)15(12)19-14-10-5-6-11-17(14,2)3/h7-9,14,19H,4-6,10-11,18H2,1-3H3. The number of para-hydroxylation sites is 1. The van der Waals surface area contributed by atoms with E-state index in [4.69, 9.17) is 10.5 Å². The first-order valence-corrected chi connectivity index (χ1v) is 7.78. The fourth-order valence-electron chi connectivity index (χ4n) is 3.05. The number of nitrogens with two attached hydrogens (primary N) is 1. The molecule has 3 N–H and O–H groups in total. The maximum atomic E-state index is 12.1. The number of hydrogen-bond donors (Lipinski definition) is 2. The van der Waals surface area contributed by atoms with Crippen LogP contribution in [0.25, 0.3) is 0 Å². The molecule has 1 fully saturated rings. The van der Waals surface area contributed by atoms with E-state index in [1.165, 1.54) is 19.3 Å². The second-order valence-electron chi connectivity index (χ2n) is 6.42. The highest BCUT2D eigenvalue weighted by atomic mass is 16.5. The molecule has 0 bridgehead atoms. The van der Waals surface area contributed by atoms with Crippen LogP contribution in [0, 0.1) is 5.41 Å². The molecule has 4 heteroatoms. The molecule has 116 valence electrons. The van der Waals surface area contributed by atoms with Gasteiger partial charge in [-0.2, -0.15) is 0 Å². The van der Waals surface area contributed by atoms with E-state index in [0.29, 0.717) is 23.9 Å². The summed E-state index contributed by atoms with van der Waals surface area (Å²) in [5, 5.41) is 3.52. The van der Waals surface area contributed by atoms with Crippen molar-refractivity contribution in [2.45, 2.75) is 52.5 Å². The van der Waals surface area contributed by atoms with Crippen molar-refractivity contribution in [2.75, 3.05) is 17.7 Å². The van der Waals surface area contributed by atoms with Crippen molar-refractivity contribution in [3.05, 3.63) is 23.8 Å². The molecule has 2 rings (SSSR count). The number of carbonyl (C=O) groups excluding carboxylic acids is 1. The number of ether oxygens (including phenoxy) is 1. The summed E-state index contributed by atoms with van der Waals surface area (Å²) in [6.45, 7) is 6.71. The molecule has 0 aliphatic heterocycles. The topological polar surface area (TPSA) is 64.3 Å². The van der Waals surface area contributed by atoms with Crippen LogP contribution in [-0.2, 0) is 4.74 Å². The van der Waals surface area contributed by atoms with Crippen molar-refractivity contribution in [3.8, 4) is 0 Å². The smallest absolute Gasteiger partial charge is 0.340 e. The molecule has 0 heterocycles. The van der Waals surface area contributed by atoms with Crippen molar-refractivity contribution in [2.24, 2.45) is 5.41 Å². The normalized spacial score (nSPS) is 20.8. The van der Waals surface area contributed by atoms with Gasteiger partial charge in [-0.3, -0.25) is 0 Å². The van der Waals surface area contributed by atoms with Gasteiger partial charge in [-0.25, -0.2) is 4.79 Å². The third kappa shape index (κ3) is 3.49. The number of benzene rings is 1. The highest BCUT2D eigenvalue weighted by molar-refractivity contribution is 5.98. The van der Waals surface area contributed by atoms with Gasteiger partial charge < -0.3 is 15.8 Å². The van der Waals surface area contributed by atoms with Gasteiger partial charge in [-0.05, 0) is 37.3 Å². The molecule has 1 atom stereocenters. The van der Waals surface area contributed by atoms with Gasteiger partial charge in [0.2, 0.25) is 0 Å². The zero-order valence-electron chi connectivity index (χ0n) is 13.2. The Morgan fingerprint density at radius 1 is 1.43 bits per heavy atom. The molecule has 0 spiro atoms. The molecule has 1 saturated carbocycles. The number of esters is 1. The monoisotopic (exact) mass is 290 g/mol. The van der Waals surface area contributed by atoms with Crippen molar-refractivity contribution in [3.63, 3.8) is 0 Å². The van der Waals surface area contributed by atoms with Crippen LogP contribution in [0.5, 0.6) is 0 Å². The molecule has 21 heavy (non-hydrogen) atoms. The molecule has 4 nitrogen and oxygen atoms in total. The Morgan fingerprint density at radius 2 is 2.19 bits per heavy atom. The SMILES string of the molecule is CCOC(=O)c1cccc(N)c1NC1CCCCC1(C)C. The third-order valence-electron chi connectivity index (χ3n) is 4.42. The zero-order valence-corrected chi connectivity index (χ0v) is 13.2.